The van der Waals surface area contributed by atoms with Crippen LogP contribution in [0.2, 0.25) is 0 Å². The van der Waals surface area contributed by atoms with Gasteiger partial charge in [-0.3, -0.25) is 0 Å². The molecule has 0 spiro atoms. The fourth-order valence-corrected chi connectivity index (χ4v) is 1.28. The van der Waals surface area contributed by atoms with Crippen molar-refractivity contribution < 1.29 is 0 Å². The molecule has 0 heterocycles. The van der Waals surface area contributed by atoms with E-state index in [1.54, 1.807) is 0 Å². The predicted octanol–water partition coefficient (Wildman–Crippen LogP) is 2.59. The van der Waals surface area contributed by atoms with Gasteiger partial charge in [0, 0.05) is 31.4 Å². The molecule has 15 heavy (non-hydrogen) atoms. The minimum Gasteiger partial charge on any atom is -0.392 e. The van der Waals surface area contributed by atoms with Crippen molar-refractivity contribution >= 4 is 0 Å². The Kier molecular flexibility index (Phi) is 7.16. The second kappa shape index (κ2) is 7.92. The van der Waals surface area contributed by atoms with Crippen molar-refractivity contribution in [3.8, 4) is 0 Å². The van der Waals surface area contributed by atoms with Gasteiger partial charge in [-0.05, 0) is 19.4 Å². The summed E-state index contributed by atoms with van der Waals surface area (Å²) >= 11 is 0. The molecule has 0 radical (unpaired) electrons. The van der Waals surface area contributed by atoms with Crippen LogP contribution in [0.15, 0.2) is 48.9 Å². The molecule has 2 heteroatoms. The van der Waals surface area contributed by atoms with Gasteiger partial charge in [-0.1, -0.05) is 24.8 Å². The summed E-state index contributed by atoms with van der Waals surface area (Å²) in [5.74, 6) is 0.283. The zero-order valence-electron chi connectivity index (χ0n) is 10.0. The first-order chi connectivity index (χ1) is 7.19. The molecule has 0 aromatic heterocycles. The minimum absolute atomic E-state index is 0.283. The molecule has 0 aliphatic heterocycles. The zero-order valence-corrected chi connectivity index (χ0v) is 10.0. The summed E-state index contributed by atoms with van der Waals surface area (Å²) in [6, 6.07) is 0. The first kappa shape index (κ1) is 13.6. The standard InChI is InChI=1S/C13H22N2/c1-6-8-9-13(15-5)12(7-2)10-11(3)14-4/h6-9,12,14-15H,2-3,10H2,1,4-5H3/b8-6-,13-9+. The Morgan fingerprint density at radius 2 is 2.00 bits per heavy atom. The number of nitrogens with one attached hydrogen (secondary N) is 2. The predicted molar refractivity (Wildman–Crippen MR) is 68.5 cm³/mol. The van der Waals surface area contributed by atoms with Crippen LogP contribution in [0.1, 0.15) is 13.3 Å². The van der Waals surface area contributed by atoms with Crippen LogP contribution in [0.25, 0.3) is 0 Å². The van der Waals surface area contributed by atoms with Crippen LogP contribution in [0.3, 0.4) is 0 Å². The van der Waals surface area contributed by atoms with Crippen LogP contribution >= 0.6 is 0 Å². The van der Waals surface area contributed by atoms with Crippen molar-refractivity contribution in [3.63, 3.8) is 0 Å². The Bertz CT molecular complexity index is 262. The monoisotopic (exact) mass is 206 g/mol. The maximum absolute atomic E-state index is 3.93. The molecule has 0 amide bonds. The van der Waals surface area contributed by atoms with Gasteiger partial charge in [0.25, 0.3) is 0 Å². The average Bonchev–Trinajstić information content (AvgIpc) is 2.27. The Hall–Kier alpha value is -1.44. The van der Waals surface area contributed by atoms with E-state index in [2.05, 4.69) is 29.9 Å². The van der Waals surface area contributed by atoms with Crippen LogP contribution in [0, 0.1) is 5.92 Å². The molecule has 0 aliphatic rings. The summed E-state index contributed by atoms with van der Waals surface area (Å²) in [4.78, 5) is 0. The van der Waals surface area contributed by atoms with E-state index < -0.39 is 0 Å². The van der Waals surface area contributed by atoms with Crippen LogP contribution in [-0.4, -0.2) is 14.1 Å². The molecule has 1 unspecified atom stereocenters. The van der Waals surface area contributed by atoms with Gasteiger partial charge in [0.1, 0.15) is 0 Å². The molecule has 0 aromatic rings. The molecule has 0 fully saturated rings. The molecule has 0 saturated heterocycles. The Morgan fingerprint density at radius 1 is 1.33 bits per heavy atom. The highest BCUT2D eigenvalue weighted by Gasteiger charge is 2.09. The second-order valence-electron chi connectivity index (χ2n) is 3.30. The van der Waals surface area contributed by atoms with Crippen molar-refractivity contribution in [2.24, 2.45) is 5.92 Å². The average molecular weight is 206 g/mol. The lowest BCUT2D eigenvalue weighted by Gasteiger charge is -2.17. The van der Waals surface area contributed by atoms with Gasteiger partial charge in [0.05, 0.1) is 0 Å². The number of allylic oxidation sites excluding steroid dienone is 5. The smallest absolute Gasteiger partial charge is 0.0218 e. The molecule has 2 nitrogen and oxygen atoms in total. The maximum atomic E-state index is 3.93. The van der Waals surface area contributed by atoms with Gasteiger partial charge in [0.15, 0.2) is 0 Å². The fourth-order valence-electron chi connectivity index (χ4n) is 1.28. The van der Waals surface area contributed by atoms with E-state index in [1.165, 1.54) is 0 Å². The first-order valence-corrected chi connectivity index (χ1v) is 5.18. The van der Waals surface area contributed by atoms with Crippen LogP contribution < -0.4 is 10.6 Å². The molecule has 0 rings (SSSR count). The lowest BCUT2D eigenvalue weighted by Crippen LogP contribution is -2.17. The third-order valence-corrected chi connectivity index (χ3v) is 2.26. The van der Waals surface area contributed by atoms with E-state index in [-0.39, 0.29) is 5.92 Å². The Morgan fingerprint density at radius 3 is 2.40 bits per heavy atom. The zero-order chi connectivity index (χ0) is 11.7. The lowest BCUT2D eigenvalue weighted by atomic mass is 9.99. The fraction of sp³-hybridized carbons (Fsp3) is 0.385. The molecular weight excluding hydrogens is 184 g/mol. The number of hydrogen-bond acceptors (Lipinski definition) is 2. The maximum Gasteiger partial charge on any atom is 0.0218 e. The van der Waals surface area contributed by atoms with Crippen molar-refractivity contribution in [2.75, 3.05) is 14.1 Å². The molecule has 0 bridgehead atoms. The third kappa shape index (κ3) is 5.11. The second-order valence-corrected chi connectivity index (χ2v) is 3.30. The van der Waals surface area contributed by atoms with Crippen molar-refractivity contribution in [3.05, 3.63) is 48.9 Å². The number of hydrogen-bond donors (Lipinski definition) is 2. The van der Waals surface area contributed by atoms with Gasteiger partial charge in [-0.15, -0.1) is 6.58 Å². The van der Waals surface area contributed by atoms with Gasteiger partial charge >= 0.3 is 0 Å². The lowest BCUT2D eigenvalue weighted by molar-refractivity contribution is 0.665. The molecule has 0 saturated carbocycles. The SMILES string of the molecule is C=CC(CC(=C)NC)/C(=C\C=C/C)NC. The first-order valence-electron chi connectivity index (χ1n) is 5.18. The van der Waals surface area contributed by atoms with E-state index in [9.17, 15) is 0 Å². The summed E-state index contributed by atoms with van der Waals surface area (Å²) in [5.41, 5.74) is 2.17. The van der Waals surface area contributed by atoms with Gasteiger partial charge in [-0.25, -0.2) is 0 Å². The van der Waals surface area contributed by atoms with Crippen molar-refractivity contribution in [1.29, 1.82) is 0 Å². The normalized spacial score (nSPS) is 13.7. The van der Waals surface area contributed by atoms with E-state index in [0.717, 1.165) is 17.8 Å². The van der Waals surface area contributed by atoms with Gasteiger partial charge < -0.3 is 10.6 Å². The van der Waals surface area contributed by atoms with Gasteiger partial charge in [-0.2, -0.15) is 0 Å². The van der Waals surface area contributed by atoms with E-state index >= 15 is 0 Å². The van der Waals surface area contributed by atoms with Crippen LogP contribution in [-0.2, 0) is 0 Å². The molecule has 84 valence electrons. The Balaban J connectivity index is 4.61. The van der Waals surface area contributed by atoms with E-state index in [0.29, 0.717) is 0 Å². The minimum atomic E-state index is 0.283. The summed E-state index contributed by atoms with van der Waals surface area (Å²) in [6.07, 6.45) is 8.89. The van der Waals surface area contributed by atoms with Crippen molar-refractivity contribution in [1.82, 2.24) is 10.6 Å². The summed E-state index contributed by atoms with van der Waals surface area (Å²) in [7, 11) is 3.81. The summed E-state index contributed by atoms with van der Waals surface area (Å²) < 4.78 is 0. The third-order valence-electron chi connectivity index (χ3n) is 2.26. The van der Waals surface area contributed by atoms with Crippen LogP contribution in [0.4, 0.5) is 0 Å². The molecule has 0 aromatic carbocycles. The highest BCUT2D eigenvalue weighted by Crippen LogP contribution is 2.17. The quantitative estimate of drug-likeness (QED) is 0.494. The number of rotatable bonds is 7. The summed E-state index contributed by atoms with van der Waals surface area (Å²) in [6.45, 7) is 9.78. The highest BCUT2D eigenvalue weighted by atomic mass is 14.9. The van der Waals surface area contributed by atoms with E-state index in [1.807, 2.05) is 39.2 Å². The van der Waals surface area contributed by atoms with Crippen LogP contribution in [0.5, 0.6) is 0 Å². The Labute approximate surface area is 93.5 Å². The summed E-state index contributed by atoms with van der Waals surface area (Å²) in [5, 5.41) is 6.24. The largest absolute Gasteiger partial charge is 0.392 e. The molecular formula is C13H22N2. The molecule has 1 atom stereocenters. The van der Waals surface area contributed by atoms with E-state index in [4.69, 9.17) is 0 Å². The topological polar surface area (TPSA) is 24.1 Å². The van der Waals surface area contributed by atoms with Gasteiger partial charge in [0.2, 0.25) is 0 Å². The van der Waals surface area contributed by atoms with Crippen molar-refractivity contribution in [2.45, 2.75) is 13.3 Å². The molecule has 0 aliphatic carbocycles. The molecule has 2 N–H and O–H groups in total. The highest BCUT2D eigenvalue weighted by molar-refractivity contribution is 5.18.